The number of carbonyl (C=O) groups is 2. The SMILES string of the molecule is CCc1cccc2c(/C=C3\SC(=S)N(C)C3=O)cn(CC(=O)NCc3cccs3)c12. The normalized spacial score (nSPS) is 15.5. The number of hydrogen-bond donors (Lipinski definition) is 1. The average Bonchev–Trinajstić information content (AvgIpc) is 3.44. The topological polar surface area (TPSA) is 54.3 Å². The molecule has 8 heteroatoms. The third kappa shape index (κ3) is 4.08. The standard InChI is InChI=1S/C22H21N3O2S3/c1-3-14-6-4-8-17-15(10-18-21(27)24(2)22(28)30-18)12-25(20(14)17)13-19(26)23-11-16-7-5-9-29-16/h4-10,12H,3,11,13H2,1-2H3,(H,23,26)/b18-10-. The molecule has 0 aliphatic carbocycles. The highest BCUT2D eigenvalue weighted by Crippen LogP contribution is 2.34. The van der Waals surface area contributed by atoms with Crippen LogP contribution in [0.15, 0.2) is 46.8 Å². The van der Waals surface area contributed by atoms with Crippen LogP contribution in [-0.2, 0) is 29.1 Å². The number of carbonyl (C=O) groups excluding carboxylic acids is 2. The van der Waals surface area contributed by atoms with Crippen molar-refractivity contribution in [3.05, 3.63) is 62.8 Å². The molecule has 1 fully saturated rings. The van der Waals surface area contributed by atoms with E-state index in [-0.39, 0.29) is 18.4 Å². The van der Waals surface area contributed by atoms with Gasteiger partial charge < -0.3 is 9.88 Å². The van der Waals surface area contributed by atoms with Gasteiger partial charge in [-0.15, -0.1) is 11.3 Å². The van der Waals surface area contributed by atoms with E-state index < -0.39 is 0 Å². The molecule has 1 aromatic carbocycles. The zero-order valence-electron chi connectivity index (χ0n) is 16.7. The molecule has 0 unspecified atom stereocenters. The lowest BCUT2D eigenvalue weighted by atomic mass is 10.1. The third-order valence-electron chi connectivity index (χ3n) is 5.02. The second-order valence-electron chi connectivity index (χ2n) is 6.98. The van der Waals surface area contributed by atoms with Crippen LogP contribution in [0.1, 0.15) is 22.9 Å². The van der Waals surface area contributed by atoms with Crippen molar-refractivity contribution in [1.29, 1.82) is 0 Å². The molecule has 1 N–H and O–H groups in total. The third-order valence-corrected chi connectivity index (χ3v) is 7.38. The summed E-state index contributed by atoms with van der Waals surface area (Å²) in [5.74, 6) is -0.135. The van der Waals surface area contributed by atoms with E-state index in [1.807, 2.05) is 46.5 Å². The van der Waals surface area contributed by atoms with Gasteiger partial charge in [-0.3, -0.25) is 14.5 Å². The molecule has 0 bridgehead atoms. The van der Waals surface area contributed by atoms with Gasteiger partial charge in [0.2, 0.25) is 5.91 Å². The number of aromatic nitrogens is 1. The van der Waals surface area contributed by atoms with Crippen molar-refractivity contribution in [2.24, 2.45) is 0 Å². The number of aryl methyl sites for hydroxylation is 1. The van der Waals surface area contributed by atoms with E-state index in [1.54, 1.807) is 18.4 Å². The van der Waals surface area contributed by atoms with Crippen molar-refractivity contribution < 1.29 is 9.59 Å². The Balaban J connectivity index is 1.67. The van der Waals surface area contributed by atoms with E-state index in [4.69, 9.17) is 12.2 Å². The second-order valence-corrected chi connectivity index (χ2v) is 9.68. The van der Waals surface area contributed by atoms with Crippen molar-refractivity contribution in [1.82, 2.24) is 14.8 Å². The smallest absolute Gasteiger partial charge is 0.265 e. The minimum absolute atomic E-state index is 0.0439. The summed E-state index contributed by atoms with van der Waals surface area (Å²) in [7, 11) is 1.69. The summed E-state index contributed by atoms with van der Waals surface area (Å²) in [6.07, 6.45) is 4.69. The number of thiocarbonyl (C=S) groups is 1. The van der Waals surface area contributed by atoms with Gasteiger partial charge >= 0.3 is 0 Å². The first-order chi connectivity index (χ1) is 14.5. The molecule has 4 rings (SSSR count). The van der Waals surface area contributed by atoms with Crippen molar-refractivity contribution in [3.63, 3.8) is 0 Å². The predicted molar refractivity (Wildman–Crippen MR) is 128 cm³/mol. The van der Waals surface area contributed by atoms with E-state index in [9.17, 15) is 9.59 Å². The highest BCUT2D eigenvalue weighted by Gasteiger charge is 2.29. The Kier molecular flexibility index (Phi) is 6.08. The molecule has 0 radical (unpaired) electrons. The molecule has 2 amide bonds. The highest BCUT2D eigenvalue weighted by molar-refractivity contribution is 8.26. The zero-order valence-corrected chi connectivity index (χ0v) is 19.1. The summed E-state index contributed by atoms with van der Waals surface area (Å²) >= 11 is 8.17. The Labute approximate surface area is 188 Å². The van der Waals surface area contributed by atoms with Crippen LogP contribution in [0.25, 0.3) is 17.0 Å². The first-order valence-corrected chi connectivity index (χ1v) is 11.7. The lowest BCUT2D eigenvalue weighted by Gasteiger charge is -2.09. The Hall–Kier alpha value is -2.42. The number of benzene rings is 1. The van der Waals surface area contributed by atoms with Gasteiger partial charge in [-0.2, -0.15) is 0 Å². The summed E-state index contributed by atoms with van der Waals surface area (Å²) in [5, 5.41) is 6.02. The highest BCUT2D eigenvalue weighted by atomic mass is 32.2. The molecule has 3 aromatic rings. The molecule has 2 aromatic heterocycles. The second kappa shape index (κ2) is 8.75. The van der Waals surface area contributed by atoms with Crippen LogP contribution in [0.2, 0.25) is 0 Å². The van der Waals surface area contributed by atoms with Crippen LogP contribution in [0.4, 0.5) is 0 Å². The number of fused-ring (bicyclic) bond motifs is 1. The van der Waals surface area contributed by atoms with Gasteiger partial charge in [0.15, 0.2) is 0 Å². The van der Waals surface area contributed by atoms with Gasteiger partial charge in [-0.25, -0.2) is 0 Å². The predicted octanol–water partition coefficient (Wildman–Crippen LogP) is 4.41. The molecule has 1 aliphatic rings. The molecule has 3 heterocycles. The molecular formula is C22H21N3O2S3. The molecule has 0 saturated carbocycles. The Bertz CT molecular complexity index is 1160. The Morgan fingerprint density at radius 2 is 2.10 bits per heavy atom. The fourth-order valence-corrected chi connectivity index (χ4v) is 5.30. The van der Waals surface area contributed by atoms with Crippen LogP contribution < -0.4 is 5.32 Å². The number of thiophene rings is 1. The van der Waals surface area contributed by atoms with Crippen LogP contribution >= 0.6 is 35.3 Å². The van der Waals surface area contributed by atoms with E-state index in [0.29, 0.717) is 15.8 Å². The minimum Gasteiger partial charge on any atom is -0.350 e. The Morgan fingerprint density at radius 3 is 2.77 bits per heavy atom. The van der Waals surface area contributed by atoms with E-state index in [2.05, 4.69) is 18.3 Å². The first-order valence-electron chi connectivity index (χ1n) is 9.59. The van der Waals surface area contributed by atoms with Gasteiger partial charge in [0.1, 0.15) is 10.9 Å². The van der Waals surface area contributed by atoms with Crippen LogP contribution in [-0.4, -0.2) is 32.6 Å². The summed E-state index contributed by atoms with van der Waals surface area (Å²) in [6.45, 7) is 2.86. The maximum atomic E-state index is 12.6. The summed E-state index contributed by atoms with van der Waals surface area (Å²) in [6, 6.07) is 10.1. The molecule has 5 nitrogen and oxygen atoms in total. The van der Waals surface area contributed by atoms with E-state index in [0.717, 1.165) is 27.8 Å². The molecule has 1 aliphatic heterocycles. The number of rotatable bonds is 6. The summed E-state index contributed by atoms with van der Waals surface area (Å²) in [5.41, 5.74) is 3.12. The van der Waals surface area contributed by atoms with Gasteiger partial charge in [0.25, 0.3) is 5.91 Å². The molecule has 0 spiro atoms. The largest absolute Gasteiger partial charge is 0.350 e. The Morgan fingerprint density at radius 1 is 1.27 bits per heavy atom. The van der Waals surface area contributed by atoms with Crippen molar-refractivity contribution >= 4 is 68.4 Å². The minimum atomic E-state index is -0.0914. The molecular weight excluding hydrogens is 434 g/mol. The van der Waals surface area contributed by atoms with Crippen molar-refractivity contribution in [2.75, 3.05) is 7.05 Å². The number of nitrogens with zero attached hydrogens (tertiary/aromatic N) is 2. The van der Waals surface area contributed by atoms with Crippen LogP contribution in [0.3, 0.4) is 0 Å². The number of thioether (sulfide) groups is 1. The summed E-state index contributed by atoms with van der Waals surface area (Å²) in [4.78, 5) is 28.3. The first kappa shape index (κ1) is 20.8. The van der Waals surface area contributed by atoms with E-state index >= 15 is 0 Å². The maximum Gasteiger partial charge on any atom is 0.265 e. The van der Waals surface area contributed by atoms with Gasteiger partial charge in [-0.1, -0.05) is 55.2 Å². The fourth-order valence-electron chi connectivity index (χ4n) is 3.49. The quantitative estimate of drug-likeness (QED) is 0.442. The zero-order chi connectivity index (χ0) is 21.3. The van der Waals surface area contributed by atoms with Crippen LogP contribution in [0, 0.1) is 0 Å². The number of hydrogen-bond acceptors (Lipinski definition) is 5. The lowest BCUT2D eigenvalue weighted by molar-refractivity contribution is -0.122. The molecule has 154 valence electrons. The monoisotopic (exact) mass is 455 g/mol. The average molecular weight is 456 g/mol. The fraction of sp³-hybridized carbons (Fsp3) is 0.227. The van der Waals surface area contributed by atoms with Crippen molar-refractivity contribution in [3.8, 4) is 0 Å². The molecule has 1 saturated heterocycles. The number of likely N-dealkylation sites (N-methyl/N-ethyl adjacent to an activating group) is 1. The van der Waals surface area contributed by atoms with Gasteiger partial charge in [0.05, 0.1) is 17.0 Å². The number of para-hydroxylation sites is 1. The molecule has 0 atom stereocenters. The molecule has 30 heavy (non-hydrogen) atoms. The number of amides is 2. The maximum absolute atomic E-state index is 12.6. The van der Waals surface area contributed by atoms with Gasteiger partial charge in [-0.05, 0) is 29.5 Å². The van der Waals surface area contributed by atoms with Crippen molar-refractivity contribution in [2.45, 2.75) is 26.4 Å². The van der Waals surface area contributed by atoms with Gasteiger partial charge in [0, 0.05) is 29.1 Å². The van der Waals surface area contributed by atoms with E-state index in [1.165, 1.54) is 22.2 Å². The van der Waals surface area contributed by atoms with Crippen LogP contribution in [0.5, 0.6) is 0 Å². The summed E-state index contributed by atoms with van der Waals surface area (Å²) < 4.78 is 2.54. The number of nitrogens with one attached hydrogen (secondary N) is 1. The lowest BCUT2D eigenvalue weighted by Crippen LogP contribution is -2.26.